The summed E-state index contributed by atoms with van der Waals surface area (Å²) >= 11 is 1.51. The van der Waals surface area contributed by atoms with Gasteiger partial charge in [-0.15, -0.1) is 11.8 Å². The monoisotopic (exact) mass is 280 g/mol. The lowest BCUT2D eigenvalue weighted by atomic mass is 10.1. The normalized spacial score (nSPS) is 12.5. The summed E-state index contributed by atoms with van der Waals surface area (Å²) in [5.41, 5.74) is 7.84. The molecule has 0 aliphatic rings. The maximum atomic E-state index is 12.0. The molecule has 3 N–H and O–H groups in total. The van der Waals surface area contributed by atoms with E-state index in [0.29, 0.717) is 5.92 Å². The van der Waals surface area contributed by atoms with Crippen molar-refractivity contribution in [3.05, 3.63) is 23.8 Å². The van der Waals surface area contributed by atoms with Gasteiger partial charge in [-0.1, -0.05) is 26.0 Å². The van der Waals surface area contributed by atoms with Crippen LogP contribution >= 0.6 is 11.8 Å². The Morgan fingerprint density at radius 3 is 2.68 bits per heavy atom. The Labute approximate surface area is 120 Å². The highest BCUT2D eigenvalue weighted by Crippen LogP contribution is 2.30. The summed E-state index contributed by atoms with van der Waals surface area (Å²) in [7, 11) is 0. The molecule has 0 aliphatic heterocycles. The fourth-order valence-electron chi connectivity index (χ4n) is 1.63. The lowest BCUT2D eigenvalue weighted by molar-refractivity contribution is -0.120. The third-order valence-electron chi connectivity index (χ3n) is 2.98. The van der Waals surface area contributed by atoms with E-state index in [2.05, 4.69) is 19.2 Å². The largest absolute Gasteiger partial charge is 0.398 e. The van der Waals surface area contributed by atoms with Gasteiger partial charge in [0.05, 0.1) is 5.25 Å². The van der Waals surface area contributed by atoms with Crippen molar-refractivity contribution in [3.63, 3.8) is 0 Å². The summed E-state index contributed by atoms with van der Waals surface area (Å²) < 4.78 is 0. The zero-order valence-electron chi connectivity index (χ0n) is 12.2. The third kappa shape index (κ3) is 5.15. The van der Waals surface area contributed by atoms with Gasteiger partial charge in [0.2, 0.25) is 5.91 Å². The van der Waals surface area contributed by atoms with Crippen molar-refractivity contribution < 1.29 is 4.79 Å². The average Bonchev–Trinajstić information content (AvgIpc) is 2.34. The Morgan fingerprint density at radius 2 is 2.05 bits per heavy atom. The van der Waals surface area contributed by atoms with Gasteiger partial charge in [0.1, 0.15) is 0 Å². The summed E-state index contributed by atoms with van der Waals surface area (Å²) in [5, 5.41) is 2.84. The number of hydrogen-bond acceptors (Lipinski definition) is 3. The second kappa shape index (κ2) is 7.43. The Hall–Kier alpha value is -1.16. The topological polar surface area (TPSA) is 55.1 Å². The Morgan fingerprint density at radius 1 is 1.37 bits per heavy atom. The summed E-state index contributed by atoms with van der Waals surface area (Å²) in [6, 6.07) is 5.91. The lowest BCUT2D eigenvalue weighted by Gasteiger charge is -2.14. The van der Waals surface area contributed by atoms with Gasteiger partial charge in [0, 0.05) is 17.1 Å². The van der Waals surface area contributed by atoms with E-state index in [1.165, 1.54) is 11.8 Å². The van der Waals surface area contributed by atoms with Gasteiger partial charge in [0.25, 0.3) is 0 Å². The SMILES string of the molecule is Cc1cccc(SC(C)C(=O)NCCC(C)C)c1N. The van der Waals surface area contributed by atoms with Crippen LogP contribution in [0.5, 0.6) is 0 Å². The highest BCUT2D eigenvalue weighted by Gasteiger charge is 2.15. The highest BCUT2D eigenvalue weighted by molar-refractivity contribution is 8.00. The molecule has 106 valence electrons. The van der Waals surface area contributed by atoms with Crippen LogP contribution in [0.4, 0.5) is 5.69 Å². The Kier molecular flexibility index (Phi) is 6.22. The van der Waals surface area contributed by atoms with Gasteiger partial charge < -0.3 is 11.1 Å². The fraction of sp³-hybridized carbons (Fsp3) is 0.533. The van der Waals surface area contributed by atoms with E-state index in [1.54, 1.807) is 0 Å². The molecule has 1 aromatic carbocycles. The van der Waals surface area contributed by atoms with E-state index >= 15 is 0 Å². The van der Waals surface area contributed by atoms with Gasteiger partial charge in [-0.25, -0.2) is 0 Å². The minimum atomic E-state index is -0.128. The number of para-hydroxylation sites is 1. The second-order valence-electron chi connectivity index (χ2n) is 5.22. The molecule has 4 heteroatoms. The maximum absolute atomic E-state index is 12.0. The smallest absolute Gasteiger partial charge is 0.233 e. The van der Waals surface area contributed by atoms with Crippen LogP contribution < -0.4 is 11.1 Å². The van der Waals surface area contributed by atoms with Crippen molar-refractivity contribution in [2.24, 2.45) is 5.92 Å². The van der Waals surface area contributed by atoms with Gasteiger partial charge >= 0.3 is 0 Å². The summed E-state index contributed by atoms with van der Waals surface area (Å²) in [5.74, 6) is 0.683. The zero-order valence-corrected chi connectivity index (χ0v) is 13.0. The number of hydrogen-bond donors (Lipinski definition) is 2. The van der Waals surface area contributed by atoms with E-state index in [0.717, 1.165) is 29.1 Å². The van der Waals surface area contributed by atoms with Gasteiger partial charge in [-0.2, -0.15) is 0 Å². The molecular weight excluding hydrogens is 256 g/mol. The van der Waals surface area contributed by atoms with Crippen molar-refractivity contribution in [1.82, 2.24) is 5.32 Å². The minimum Gasteiger partial charge on any atom is -0.398 e. The van der Waals surface area contributed by atoms with Crippen molar-refractivity contribution in [1.29, 1.82) is 0 Å². The van der Waals surface area contributed by atoms with Crippen LogP contribution in [0.2, 0.25) is 0 Å². The molecule has 0 saturated heterocycles. The van der Waals surface area contributed by atoms with Crippen molar-refractivity contribution in [2.45, 2.75) is 44.3 Å². The van der Waals surface area contributed by atoms with Crippen LogP contribution in [-0.2, 0) is 4.79 Å². The van der Waals surface area contributed by atoms with Gasteiger partial charge in [0.15, 0.2) is 0 Å². The molecule has 19 heavy (non-hydrogen) atoms. The number of aryl methyl sites for hydroxylation is 1. The summed E-state index contributed by atoms with van der Waals surface area (Å²) in [6.07, 6.45) is 1.01. The number of carbonyl (C=O) groups is 1. The predicted molar refractivity (Wildman–Crippen MR) is 83.4 cm³/mol. The number of nitrogens with two attached hydrogens (primary N) is 1. The number of benzene rings is 1. The van der Waals surface area contributed by atoms with Crippen LogP contribution in [0.25, 0.3) is 0 Å². The van der Waals surface area contributed by atoms with E-state index in [-0.39, 0.29) is 11.2 Å². The molecular formula is C15H24N2OS. The maximum Gasteiger partial charge on any atom is 0.233 e. The van der Waals surface area contributed by atoms with E-state index < -0.39 is 0 Å². The summed E-state index contributed by atoms with van der Waals surface area (Å²) in [4.78, 5) is 12.9. The molecule has 0 spiro atoms. The molecule has 1 unspecified atom stereocenters. The lowest BCUT2D eigenvalue weighted by Crippen LogP contribution is -2.32. The number of thioether (sulfide) groups is 1. The van der Waals surface area contributed by atoms with Crippen LogP contribution in [0.1, 0.15) is 32.8 Å². The first-order valence-corrected chi connectivity index (χ1v) is 7.59. The molecule has 3 nitrogen and oxygen atoms in total. The van der Waals surface area contributed by atoms with Gasteiger partial charge in [-0.05, 0) is 37.8 Å². The van der Waals surface area contributed by atoms with Crippen molar-refractivity contribution >= 4 is 23.4 Å². The molecule has 0 saturated carbocycles. The molecule has 0 aromatic heterocycles. The summed E-state index contributed by atoms with van der Waals surface area (Å²) in [6.45, 7) is 8.93. The number of rotatable bonds is 6. The van der Waals surface area contributed by atoms with Crippen LogP contribution in [0.3, 0.4) is 0 Å². The van der Waals surface area contributed by atoms with E-state index in [4.69, 9.17) is 5.73 Å². The fourth-order valence-corrected chi connectivity index (χ4v) is 2.64. The van der Waals surface area contributed by atoms with Crippen LogP contribution in [-0.4, -0.2) is 17.7 Å². The first-order chi connectivity index (χ1) is 8.91. The molecule has 1 aromatic rings. The number of nitrogens with one attached hydrogen (secondary N) is 1. The van der Waals surface area contributed by atoms with Crippen LogP contribution in [0, 0.1) is 12.8 Å². The standard InChI is InChI=1S/C15H24N2OS/c1-10(2)8-9-17-15(18)12(4)19-13-7-5-6-11(3)14(13)16/h5-7,10,12H,8-9,16H2,1-4H3,(H,17,18). The molecule has 1 amide bonds. The molecule has 1 rings (SSSR count). The molecule has 0 bridgehead atoms. The second-order valence-corrected chi connectivity index (χ2v) is 6.60. The zero-order chi connectivity index (χ0) is 14.4. The molecule has 0 heterocycles. The van der Waals surface area contributed by atoms with Crippen LogP contribution in [0.15, 0.2) is 23.1 Å². The van der Waals surface area contributed by atoms with Crippen molar-refractivity contribution in [2.75, 3.05) is 12.3 Å². The predicted octanol–water partition coefficient (Wildman–Crippen LogP) is 3.22. The molecule has 1 atom stereocenters. The first kappa shape index (κ1) is 15.9. The average molecular weight is 280 g/mol. The highest BCUT2D eigenvalue weighted by atomic mass is 32.2. The minimum absolute atomic E-state index is 0.0755. The number of carbonyl (C=O) groups excluding carboxylic acids is 1. The first-order valence-electron chi connectivity index (χ1n) is 6.71. The quantitative estimate of drug-likeness (QED) is 0.621. The molecule has 0 radical (unpaired) electrons. The number of nitrogen functional groups attached to an aromatic ring is 1. The molecule has 0 aliphatic carbocycles. The van der Waals surface area contributed by atoms with E-state index in [1.807, 2.05) is 32.0 Å². The third-order valence-corrected chi connectivity index (χ3v) is 4.16. The number of anilines is 1. The van der Waals surface area contributed by atoms with Gasteiger partial charge in [-0.3, -0.25) is 4.79 Å². The Bertz CT molecular complexity index is 432. The Balaban J connectivity index is 2.52. The molecule has 0 fully saturated rings. The van der Waals surface area contributed by atoms with E-state index in [9.17, 15) is 4.79 Å². The van der Waals surface area contributed by atoms with Crippen molar-refractivity contribution in [3.8, 4) is 0 Å². The number of amides is 1.